The fourth-order valence-corrected chi connectivity index (χ4v) is 3.38. The van der Waals surface area contributed by atoms with E-state index in [2.05, 4.69) is 5.32 Å². The lowest BCUT2D eigenvalue weighted by atomic mass is 9.93. The van der Waals surface area contributed by atoms with Gasteiger partial charge < -0.3 is 19.9 Å². The van der Waals surface area contributed by atoms with Crippen molar-refractivity contribution in [1.29, 1.82) is 0 Å². The molecule has 1 aliphatic heterocycles. The van der Waals surface area contributed by atoms with Crippen LogP contribution in [0.4, 0.5) is 0 Å². The highest BCUT2D eigenvalue weighted by Crippen LogP contribution is 2.59. The molecule has 3 rings (SSSR count). The normalized spacial score (nSPS) is 21.7. The maximum Gasteiger partial charge on any atom is 0.339 e. The monoisotopic (exact) mass is 319 g/mol. The molecule has 124 valence electrons. The van der Waals surface area contributed by atoms with Crippen LogP contribution in [-0.2, 0) is 16.1 Å². The van der Waals surface area contributed by atoms with E-state index in [1.165, 1.54) is 13.2 Å². The van der Waals surface area contributed by atoms with Crippen molar-refractivity contribution in [3.05, 3.63) is 29.3 Å². The van der Waals surface area contributed by atoms with Gasteiger partial charge in [0.05, 0.1) is 7.11 Å². The van der Waals surface area contributed by atoms with E-state index in [-0.39, 0.29) is 22.8 Å². The lowest BCUT2D eigenvalue weighted by Crippen LogP contribution is -2.29. The number of aromatic carboxylic acids is 1. The van der Waals surface area contributed by atoms with E-state index < -0.39 is 5.97 Å². The third-order valence-electron chi connectivity index (χ3n) is 4.96. The Bertz CT molecular complexity index is 621. The fraction of sp³-hybridized carbons (Fsp3) is 0.529. The molecule has 1 saturated carbocycles. The molecule has 1 unspecified atom stereocenters. The van der Waals surface area contributed by atoms with Crippen LogP contribution >= 0.6 is 0 Å². The Hall–Kier alpha value is -2.08. The van der Waals surface area contributed by atoms with Gasteiger partial charge in [-0.2, -0.15) is 0 Å². The number of carbonyl (C=O) groups is 2. The maximum atomic E-state index is 12.3. The van der Waals surface area contributed by atoms with Crippen LogP contribution in [0.1, 0.15) is 35.2 Å². The first-order chi connectivity index (χ1) is 11.1. The number of carboxylic acid groups (broad SMARTS) is 1. The molecule has 1 spiro atoms. The second-order valence-corrected chi connectivity index (χ2v) is 6.29. The van der Waals surface area contributed by atoms with Gasteiger partial charge in [0.15, 0.2) is 0 Å². The van der Waals surface area contributed by atoms with Crippen LogP contribution in [0.25, 0.3) is 0 Å². The maximum absolute atomic E-state index is 12.3. The van der Waals surface area contributed by atoms with Crippen LogP contribution in [-0.4, -0.2) is 37.3 Å². The molecule has 1 amide bonds. The predicted octanol–water partition coefficient (Wildman–Crippen LogP) is 1.83. The molecule has 1 aromatic carbocycles. The van der Waals surface area contributed by atoms with Gasteiger partial charge in [0, 0.05) is 25.7 Å². The summed E-state index contributed by atoms with van der Waals surface area (Å²) in [5.41, 5.74) is 1.10. The standard InChI is InChI=1S/C17H21NO5/c1-22-14-8-11(2-3-12(14)16(20)21)10-18-15(19)13-9-17(13)4-6-23-7-5-17/h2-3,8,13H,4-7,9-10H2,1H3,(H,18,19)(H,20,21). The molecule has 2 fully saturated rings. The molecule has 0 aromatic heterocycles. The third-order valence-corrected chi connectivity index (χ3v) is 4.96. The van der Waals surface area contributed by atoms with Gasteiger partial charge in [0.25, 0.3) is 0 Å². The summed E-state index contributed by atoms with van der Waals surface area (Å²) in [5.74, 6) is -0.562. The number of rotatable bonds is 5. The Kier molecular flexibility index (Phi) is 4.26. The molecule has 1 aromatic rings. The molecule has 6 heteroatoms. The Balaban J connectivity index is 1.58. The fourth-order valence-electron chi connectivity index (χ4n) is 3.38. The topological polar surface area (TPSA) is 84.9 Å². The van der Waals surface area contributed by atoms with Gasteiger partial charge in [0.2, 0.25) is 5.91 Å². The first-order valence-corrected chi connectivity index (χ1v) is 7.81. The van der Waals surface area contributed by atoms with Gasteiger partial charge in [-0.3, -0.25) is 4.79 Å². The van der Waals surface area contributed by atoms with Gasteiger partial charge in [0.1, 0.15) is 11.3 Å². The number of hydrogen-bond donors (Lipinski definition) is 2. The number of amides is 1. The van der Waals surface area contributed by atoms with Gasteiger partial charge in [-0.15, -0.1) is 0 Å². The zero-order valence-corrected chi connectivity index (χ0v) is 13.1. The van der Waals surface area contributed by atoms with Gasteiger partial charge in [-0.1, -0.05) is 6.07 Å². The van der Waals surface area contributed by atoms with E-state index in [4.69, 9.17) is 14.6 Å². The van der Waals surface area contributed by atoms with Gasteiger partial charge in [-0.25, -0.2) is 4.79 Å². The van der Waals surface area contributed by atoms with Crippen LogP contribution < -0.4 is 10.1 Å². The molecule has 1 heterocycles. The molecule has 6 nitrogen and oxygen atoms in total. The molecule has 1 saturated heterocycles. The van der Waals surface area contributed by atoms with Gasteiger partial charge in [-0.05, 0) is 42.4 Å². The molecule has 2 aliphatic rings. The largest absolute Gasteiger partial charge is 0.496 e. The molecular formula is C17H21NO5. The average Bonchev–Trinajstić information content (AvgIpc) is 3.25. The van der Waals surface area contributed by atoms with Crippen LogP contribution in [0.3, 0.4) is 0 Å². The highest BCUT2D eigenvalue weighted by atomic mass is 16.5. The SMILES string of the molecule is COc1cc(CNC(=O)C2CC23CCOCC3)ccc1C(=O)O. The first-order valence-electron chi connectivity index (χ1n) is 7.81. The number of carbonyl (C=O) groups excluding carboxylic acids is 1. The molecule has 0 radical (unpaired) electrons. The second-order valence-electron chi connectivity index (χ2n) is 6.29. The van der Waals surface area contributed by atoms with E-state index in [9.17, 15) is 9.59 Å². The molecule has 23 heavy (non-hydrogen) atoms. The number of methoxy groups -OCH3 is 1. The minimum absolute atomic E-state index is 0.0770. The van der Waals surface area contributed by atoms with Crippen LogP contribution in [0.5, 0.6) is 5.75 Å². The number of benzene rings is 1. The summed E-state index contributed by atoms with van der Waals surface area (Å²) < 4.78 is 10.5. The summed E-state index contributed by atoms with van der Waals surface area (Å²) in [6, 6.07) is 4.85. The first kappa shape index (κ1) is 15.8. The summed E-state index contributed by atoms with van der Waals surface area (Å²) in [7, 11) is 1.43. The summed E-state index contributed by atoms with van der Waals surface area (Å²) in [6.07, 6.45) is 2.88. The Morgan fingerprint density at radius 3 is 2.78 bits per heavy atom. The average molecular weight is 319 g/mol. The Morgan fingerprint density at radius 2 is 2.13 bits per heavy atom. The highest BCUT2D eigenvalue weighted by Gasteiger charge is 2.57. The lowest BCUT2D eigenvalue weighted by Gasteiger charge is -2.22. The van der Waals surface area contributed by atoms with E-state index in [0.29, 0.717) is 12.3 Å². The van der Waals surface area contributed by atoms with Crippen molar-refractivity contribution in [2.24, 2.45) is 11.3 Å². The zero-order valence-electron chi connectivity index (χ0n) is 13.1. The summed E-state index contributed by atoms with van der Waals surface area (Å²) >= 11 is 0. The Labute approximate surface area is 134 Å². The minimum atomic E-state index is -1.03. The van der Waals surface area contributed by atoms with E-state index in [0.717, 1.165) is 38.0 Å². The van der Waals surface area contributed by atoms with Crippen molar-refractivity contribution in [2.45, 2.75) is 25.8 Å². The van der Waals surface area contributed by atoms with Crippen LogP contribution in [0.2, 0.25) is 0 Å². The highest BCUT2D eigenvalue weighted by molar-refractivity contribution is 5.91. The smallest absolute Gasteiger partial charge is 0.339 e. The number of carboxylic acids is 1. The zero-order chi connectivity index (χ0) is 16.4. The summed E-state index contributed by atoms with van der Waals surface area (Å²) in [6.45, 7) is 1.87. The molecule has 0 bridgehead atoms. The quantitative estimate of drug-likeness (QED) is 0.865. The van der Waals surface area contributed by atoms with Crippen LogP contribution in [0, 0.1) is 11.3 Å². The minimum Gasteiger partial charge on any atom is -0.496 e. The lowest BCUT2D eigenvalue weighted by molar-refractivity contribution is -0.123. The van der Waals surface area contributed by atoms with Crippen molar-refractivity contribution >= 4 is 11.9 Å². The number of hydrogen-bond acceptors (Lipinski definition) is 4. The van der Waals surface area contributed by atoms with E-state index in [1.807, 2.05) is 0 Å². The molecule has 1 aliphatic carbocycles. The van der Waals surface area contributed by atoms with Gasteiger partial charge >= 0.3 is 5.97 Å². The van der Waals surface area contributed by atoms with Crippen molar-refractivity contribution in [3.8, 4) is 5.75 Å². The van der Waals surface area contributed by atoms with Crippen molar-refractivity contribution in [1.82, 2.24) is 5.32 Å². The number of ether oxygens (including phenoxy) is 2. The molecule has 2 N–H and O–H groups in total. The summed E-state index contributed by atoms with van der Waals surface area (Å²) in [4.78, 5) is 23.4. The molecule has 1 atom stereocenters. The third kappa shape index (κ3) is 3.17. The molecular weight excluding hydrogens is 298 g/mol. The summed E-state index contributed by atoms with van der Waals surface area (Å²) in [5, 5.41) is 12.0. The van der Waals surface area contributed by atoms with Crippen molar-refractivity contribution in [3.63, 3.8) is 0 Å². The predicted molar refractivity (Wildman–Crippen MR) is 82.4 cm³/mol. The second kappa shape index (κ2) is 6.20. The van der Waals surface area contributed by atoms with Crippen molar-refractivity contribution < 1.29 is 24.2 Å². The Morgan fingerprint density at radius 1 is 1.39 bits per heavy atom. The van der Waals surface area contributed by atoms with E-state index in [1.54, 1.807) is 12.1 Å². The number of nitrogens with one attached hydrogen (secondary N) is 1. The van der Waals surface area contributed by atoms with Crippen molar-refractivity contribution in [2.75, 3.05) is 20.3 Å². The van der Waals surface area contributed by atoms with E-state index >= 15 is 0 Å². The van der Waals surface area contributed by atoms with Crippen LogP contribution in [0.15, 0.2) is 18.2 Å².